The monoisotopic (exact) mass is 381 g/mol. The summed E-state index contributed by atoms with van der Waals surface area (Å²) in [6.07, 6.45) is -4.49. The molecule has 9 heteroatoms. The summed E-state index contributed by atoms with van der Waals surface area (Å²) in [5.74, 6) is 0.673. The van der Waals surface area contributed by atoms with Gasteiger partial charge in [-0.3, -0.25) is 0 Å². The van der Waals surface area contributed by atoms with Crippen LogP contribution in [0.25, 0.3) is 5.95 Å². The maximum Gasteiger partial charge on any atom is 0.416 e. The topological polar surface area (TPSA) is 55.6 Å². The van der Waals surface area contributed by atoms with Crippen molar-refractivity contribution in [1.82, 2.24) is 19.7 Å². The number of halogens is 4. The summed E-state index contributed by atoms with van der Waals surface area (Å²) in [7, 11) is 0. The molecular weight excluding hydrogens is 367 g/mol. The molecule has 3 aromatic rings. The van der Waals surface area contributed by atoms with Gasteiger partial charge in [0.2, 0.25) is 0 Å². The third kappa shape index (κ3) is 3.96. The number of aromatic nitrogens is 4. The lowest BCUT2D eigenvalue weighted by Crippen LogP contribution is -2.09. The molecule has 0 fully saturated rings. The fraction of sp³-hybridized carbons (Fsp3) is 0.235. The molecule has 0 aliphatic carbocycles. The minimum absolute atomic E-state index is 0.0214. The summed E-state index contributed by atoms with van der Waals surface area (Å²) in [6, 6.07) is 6.76. The highest BCUT2D eigenvalue weighted by atomic mass is 35.5. The maximum absolute atomic E-state index is 13.0. The van der Waals surface area contributed by atoms with Crippen molar-refractivity contribution in [2.24, 2.45) is 0 Å². The van der Waals surface area contributed by atoms with Crippen LogP contribution in [-0.4, -0.2) is 19.7 Å². The Kier molecular flexibility index (Phi) is 4.62. The number of benzene rings is 1. The van der Waals surface area contributed by atoms with Crippen LogP contribution in [0, 0.1) is 20.8 Å². The molecule has 0 aliphatic heterocycles. The third-order valence-corrected chi connectivity index (χ3v) is 3.76. The van der Waals surface area contributed by atoms with Crippen LogP contribution in [0.15, 0.2) is 30.3 Å². The lowest BCUT2D eigenvalue weighted by atomic mass is 10.2. The van der Waals surface area contributed by atoms with Crippen LogP contribution >= 0.6 is 11.6 Å². The zero-order valence-electron chi connectivity index (χ0n) is 14.2. The number of nitrogens with one attached hydrogen (secondary N) is 1. The van der Waals surface area contributed by atoms with Crippen molar-refractivity contribution in [3.63, 3.8) is 0 Å². The molecule has 0 bridgehead atoms. The molecular formula is C17H15ClF3N5. The van der Waals surface area contributed by atoms with E-state index >= 15 is 0 Å². The van der Waals surface area contributed by atoms with E-state index in [2.05, 4.69) is 20.4 Å². The van der Waals surface area contributed by atoms with E-state index in [9.17, 15) is 13.2 Å². The van der Waals surface area contributed by atoms with Gasteiger partial charge >= 0.3 is 6.18 Å². The van der Waals surface area contributed by atoms with Gasteiger partial charge in [-0.2, -0.15) is 23.3 Å². The molecule has 3 rings (SSSR count). The fourth-order valence-corrected chi connectivity index (χ4v) is 2.75. The predicted molar refractivity (Wildman–Crippen MR) is 93.1 cm³/mol. The van der Waals surface area contributed by atoms with E-state index in [1.807, 2.05) is 19.9 Å². The smallest absolute Gasteiger partial charge is 0.340 e. The molecule has 0 atom stereocenters. The summed E-state index contributed by atoms with van der Waals surface area (Å²) in [5.41, 5.74) is 1.65. The standard InChI is InChI=1S/C17H15ClF3N5/c1-9-5-15(24-16(22-9)26-11(3)4-10(2)25-26)23-14-7-12(17(19,20)21)6-13(18)8-14/h4-8H,1-3H3,(H,22,23,24). The van der Waals surface area contributed by atoms with Crippen molar-refractivity contribution in [3.8, 4) is 5.95 Å². The number of anilines is 2. The van der Waals surface area contributed by atoms with Gasteiger partial charge in [-0.1, -0.05) is 11.6 Å². The van der Waals surface area contributed by atoms with Gasteiger partial charge < -0.3 is 5.32 Å². The Balaban J connectivity index is 1.99. The second-order valence-electron chi connectivity index (χ2n) is 5.88. The quantitative estimate of drug-likeness (QED) is 0.693. The molecule has 0 radical (unpaired) electrons. The van der Waals surface area contributed by atoms with E-state index in [-0.39, 0.29) is 10.7 Å². The molecule has 0 amide bonds. The van der Waals surface area contributed by atoms with Crippen LogP contribution in [-0.2, 0) is 6.18 Å². The summed E-state index contributed by atoms with van der Waals surface area (Å²) >= 11 is 5.82. The highest BCUT2D eigenvalue weighted by Gasteiger charge is 2.31. The first-order chi connectivity index (χ1) is 12.1. The minimum Gasteiger partial charge on any atom is -0.340 e. The molecule has 136 valence electrons. The summed E-state index contributed by atoms with van der Waals surface area (Å²) in [4.78, 5) is 8.69. The largest absolute Gasteiger partial charge is 0.416 e. The van der Waals surface area contributed by atoms with Crippen LogP contribution < -0.4 is 5.32 Å². The Bertz CT molecular complexity index is 966. The molecule has 1 N–H and O–H groups in total. The third-order valence-electron chi connectivity index (χ3n) is 3.54. The van der Waals surface area contributed by atoms with E-state index in [0.717, 1.165) is 23.5 Å². The van der Waals surface area contributed by atoms with Gasteiger partial charge in [-0.15, -0.1) is 0 Å². The highest BCUT2D eigenvalue weighted by Crippen LogP contribution is 2.34. The predicted octanol–water partition coefficient (Wildman–Crippen LogP) is 5.00. The first-order valence-electron chi connectivity index (χ1n) is 7.66. The SMILES string of the molecule is Cc1cc(Nc2cc(Cl)cc(C(F)(F)F)c2)nc(-n2nc(C)cc2C)n1. The summed E-state index contributed by atoms with van der Waals surface area (Å²) < 4.78 is 40.5. The Hall–Kier alpha value is -2.61. The molecule has 0 aliphatic rings. The van der Waals surface area contributed by atoms with Crippen LogP contribution in [0.2, 0.25) is 5.02 Å². The molecule has 0 unspecified atom stereocenters. The number of hydrogen-bond acceptors (Lipinski definition) is 4. The average Bonchev–Trinajstić information content (AvgIpc) is 2.84. The van der Waals surface area contributed by atoms with Gasteiger partial charge in [0, 0.05) is 28.2 Å². The van der Waals surface area contributed by atoms with E-state index in [0.29, 0.717) is 17.5 Å². The van der Waals surface area contributed by atoms with Crippen molar-refractivity contribution in [1.29, 1.82) is 0 Å². The van der Waals surface area contributed by atoms with Crippen LogP contribution in [0.5, 0.6) is 0 Å². The van der Waals surface area contributed by atoms with Gasteiger partial charge in [0.1, 0.15) is 5.82 Å². The van der Waals surface area contributed by atoms with Crippen molar-refractivity contribution in [2.75, 3.05) is 5.32 Å². The van der Waals surface area contributed by atoms with Crippen molar-refractivity contribution < 1.29 is 13.2 Å². The molecule has 2 heterocycles. The number of hydrogen-bond donors (Lipinski definition) is 1. The normalized spacial score (nSPS) is 11.7. The molecule has 26 heavy (non-hydrogen) atoms. The van der Waals surface area contributed by atoms with Crippen molar-refractivity contribution >= 4 is 23.1 Å². The lowest BCUT2D eigenvalue weighted by Gasteiger charge is -2.12. The molecule has 0 saturated carbocycles. The van der Waals surface area contributed by atoms with E-state index in [1.165, 1.54) is 6.07 Å². The van der Waals surface area contributed by atoms with Gasteiger partial charge in [0.25, 0.3) is 5.95 Å². The fourth-order valence-electron chi connectivity index (χ4n) is 2.52. The summed E-state index contributed by atoms with van der Waals surface area (Å²) in [5, 5.41) is 7.16. The Morgan fingerprint density at radius 1 is 0.962 bits per heavy atom. The first kappa shape index (κ1) is 18.2. The van der Waals surface area contributed by atoms with Crippen molar-refractivity contribution in [3.05, 3.63) is 58.0 Å². The van der Waals surface area contributed by atoms with Gasteiger partial charge in [0.15, 0.2) is 0 Å². The first-order valence-corrected chi connectivity index (χ1v) is 8.04. The number of alkyl halides is 3. The molecule has 2 aromatic heterocycles. The molecule has 1 aromatic carbocycles. The van der Waals surface area contributed by atoms with Gasteiger partial charge in [-0.05, 0) is 45.0 Å². The zero-order valence-corrected chi connectivity index (χ0v) is 14.9. The van der Waals surface area contributed by atoms with Crippen LogP contribution in [0.4, 0.5) is 24.7 Å². The van der Waals surface area contributed by atoms with Crippen molar-refractivity contribution in [2.45, 2.75) is 26.9 Å². The van der Waals surface area contributed by atoms with E-state index in [4.69, 9.17) is 11.6 Å². The summed E-state index contributed by atoms with van der Waals surface area (Å²) in [6.45, 7) is 5.48. The lowest BCUT2D eigenvalue weighted by molar-refractivity contribution is -0.137. The number of nitrogens with zero attached hydrogens (tertiary/aromatic N) is 4. The second kappa shape index (κ2) is 6.60. The van der Waals surface area contributed by atoms with Gasteiger partial charge in [0.05, 0.1) is 11.3 Å². The van der Waals surface area contributed by atoms with Gasteiger partial charge in [-0.25, -0.2) is 9.67 Å². The van der Waals surface area contributed by atoms with Crippen LogP contribution in [0.3, 0.4) is 0 Å². The second-order valence-corrected chi connectivity index (χ2v) is 6.32. The molecule has 5 nitrogen and oxygen atoms in total. The number of aryl methyl sites for hydroxylation is 3. The maximum atomic E-state index is 13.0. The zero-order chi connectivity index (χ0) is 19.1. The Labute approximate surface area is 152 Å². The average molecular weight is 382 g/mol. The van der Waals surface area contributed by atoms with E-state index in [1.54, 1.807) is 17.7 Å². The van der Waals surface area contributed by atoms with Crippen LogP contribution in [0.1, 0.15) is 22.6 Å². The van der Waals surface area contributed by atoms with E-state index < -0.39 is 11.7 Å². The Morgan fingerprint density at radius 2 is 1.69 bits per heavy atom. The molecule has 0 spiro atoms. The highest BCUT2D eigenvalue weighted by molar-refractivity contribution is 6.31. The minimum atomic E-state index is -4.49. The Morgan fingerprint density at radius 3 is 2.31 bits per heavy atom. The molecule has 0 saturated heterocycles. The number of rotatable bonds is 3.